The number of methoxy groups -OCH3 is 1. The van der Waals surface area contributed by atoms with E-state index in [1.54, 1.807) is 0 Å². The van der Waals surface area contributed by atoms with Gasteiger partial charge in [-0.25, -0.2) is 9.59 Å². The van der Waals surface area contributed by atoms with E-state index in [0.717, 1.165) is 6.42 Å². The van der Waals surface area contributed by atoms with E-state index in [0.29, 0.717) is 24.3 Å². The summed E-state index contributed by atoms with van der Waals surface area (Å²) in [6, 6.07) is 0. The lowest BCUT2D eigenvalue weighted by molar-refractivity contribution is -0.138. The summed E-state index contributed by atoms with van der Waals surface area (Å²) >= 11 is 0. The first-order valence-corrected chi connectivity index (χ1v) is 4.60. The first-order chi connectivity index (χ1) is 6.56. The average molecular weight is 198 g/mol. The third-order valence-corrected chi connectivity index (χ3v) is 2.49. The summed E-state index contributed by atoms with van der Waals surface area (Å²) < 4.78 is 4.56. The second-order valence-corrected chi connectivity index (χ2v) is 3.60. The Labute approximate surface area is 82.6 Å². The van der Waals surface area contributed by atoms with Crippen LogP contribution in [0.4, 0.5) is 0 Å². The summed E-state index contributed by atoms with van der Waals surface area (Å²) in [6.07, 6.45) is 1.79. The third kappa shape index (κ3) is 2.13. The van der Waals surface area contributed by atoms with Crippen molar-refractivity contribution >= 4 is 11.9 Å². The zero-order chi connectivity index (χ0) is 10.7. The van der Waals surface area contributed by atoms with Crippen LogP contribution in [0.1, 0.15) is 26.2 Å². The van der Waals surface area contributed by atoms with E-state index in [-0.39, 0.29) is 5.57 Å². The van der Waals surface area contributed by atoms with Crippen LogP contribution >= 0.6 is 0 Å². The number of hydrogen-bond donors (Lipinski definition) is 1. The summed E-state index contributed by atoms with van der Waals surface area (Å²) in [6.45, 7) is 2.00. The summed E-state index contributed by atoms with van der Waals surface area (Å²) in [7, 11) is 1.27. The molecule has 0 saturated heterocycles. The predicted molar refractivity (Wildman–Crippen MR) is 49.7 cm³/mol. The van der Waals surface area contributed by atoms with Gasteiger partial charge in [0.15, 0.2) is 0 Å². The van der Waals surface area contributed by atoms with Crippen LogP contribution in [0.25, 0.3) is 0 Å². The number of carboxylic acid groups (broad SMARTS) is 1. The molecule has 0 amide bonds. The fraction of sp³-hybridized carbons (Fsp3) is 0.600. The molecular weight excluding hydrogens is 184 g/mol. The van der Waals surface area contributed by atoms with E-state index in [1.165, 1.54) is 7.11 Å². The zero-order valence-corrected chi connectivity index (χ0v) is 8.37. The van der Waals surface area contributed by atoms with Gasteiger partial charge in [-0.1, -0.05) is 6.92 Å². The Kier molecular flexibility index (Phi) is 3.28. The van der Waals surface area contributed by atoms with Gasteiger partial charge in [0.05, 0.1) is 7.11 Å². The van der Waals surface area contributed by atoms with Crippen molar-refractivity contribution < 1.29 is 19.4 Å². The van der Waals surface area contributed by atoms with Crippen molar-refractivity contribution in [2.24, 2.45) is 5.92 Å². The Morgan fingerprint density at radius 3 is 2.57 bits per heavy atom. The average Bonchev–Trinajstić information content (AvgIpc) is 2.16. The lowest BCUT2D eigenvalue weighted by Crippen LogP contribution is -2.19. The highest BCUT2D eigenvalue weighted by Gasteiger charge is 2.27. The maximum Gasteiger partial charge on any atom is 0.334 e. The van der Waals surface area contributed by atoms with Crippen LogP contribution < -0.4 is 0 Å². The molecule has 0 bridgehead atoms. The van der Waals surface area contributed by atoms with Crippen molar-refractivity contribution in [2.45, 2.75) is 26.2 Å². The Hall–Kier alpha value is -1.32. The number of hydrogen-bond acceptors (Lipinski definition) is 3. The molecule has 0 saturated carbocycles. The van der Waals surface area contributed by atoms with Gasteiger partial charge in [0, 0.05) is 11.1 Å². The lowest BCUT2D eigenvalue weighted by atomic mass is 9.85. The molecule has 0 aliphatic heterocycles. The monoisotopic (exact) mass is 198 g/mol. The molecule has 0 heterocycles. The smallest absolute Gasteiger partial charge is 0.334 e. The van der Waals surface area contributed by atoms with Gasteiger partial charge in [0.2, 0.25) is 0 Å². The zero-order valence-electron chi connectivity index (χ0n) is 8.37. The van der Waals surface area contributed by atoms with Gasteiger partial charge in [-0.2, -0.15) is 0 Å². The van der Waals surface area contributed by atoms with Crippen LogP contribution in [0, 0.1) is 5.92 Å². The van der Waals surface area contributed by atoms with Crippen molar-refractivity contribution in [3.8, 4) is 0 Å². The summed E-state index contributed by atoms with van der Waals surface area (Å²) in [4.78, 5) is 22.1. The van der Waals surface area contributed by atoms with E-state index in [1.807, 2.05) is 6.92 Å². The van der Waals surface area contributed by atoms with Gasteiger partial charge >= 0.3 is 11.9 Å². The SMILES string of the molecule is COC(=O)C1=C(C(=O)O)CCC(C)C1. The minimum atomic E-state index is -1.00. The normalized spacial score (nSPS) is 22.0. The molecule has 1 unspecified atom stereocenters. The van der Waals surface area contributed by atoms with Gasteiger partial charge in [0.1, 0.15) is 0 Å². The molecule has 1 aliphatic carbocycles. The summed E-state index contributed by atoms with van der Waals surface area (Å²) in [5.41, 5.74) is 0.550. The van der Waals surface area contributed by atoms with Gasteiger partial charge in [-0.05, 0) is 25.2 Å². The van der Waals surface area contributed by atoms with Crippen molar-refractivity contribution in [1.29, 1.82) is 0 Å². The Morgan fingerprint density at radius 2 is 2.07 bits per heavy atom. The quantitative estimate of drug-likeness (QED) is 0.680. The van der Waals surface area contributed by atoms with Crippen LogP contribution in [0.15, 0.2) is 11.1 Å². The molecule has 0 radical (unpaired) electrons. The van der Waals surface area contributed by atoms with E-state index >= 15 is 0 Å². The largest absolute Gasteiger partial charge is 0.478 e. The second kappa shape index (κ2) is 4.26. The number of rotatable bonds is 2. The van der Waals surface area contributed by atoms with E-state index in [2.05, 4.69) is 4.74 Å². The van der Waals surface area contributed by atoms with E-state index in [9.17, 15) is 9.59 Å². The first-order valence-electron chi connectivity index (χ1n) is 4.60. The maximum absolute atomic E-state index is 11.3. The van der Waals surface area contributed by atoms with Crippen molar-refractivity contribution in [3.63, 3.8) is 0 Å². The fourth-order valence-corrected chi connectivity index (χ4v) is 1.68. The van der Waals surface area contributed by atoms with Gasteiger partial charge in [-0.15, -0.1) is 0 Å². The highest BCUT2D eigenvalue weighted by atomic mass is 16.5. The Bertz CT molecular complexity index is 290. The Balaban J connectivity index is 3.00. The first kappa shape index (κ1) is 10.8. The van der Waals surface area contributed by atoms with E-state index in [4.69, 9.17) is 5.11 Å². The number of carboxylic acids is 1. The summed E-state index contributed by atoms with van der Waals surface area (Å²) in [5, 5.41) is 8.87. The molecule has 1 atom stereocenters. The molecule has 0 aromatic rings. The van der Waals surface area contributed by atoms with Gasteiger partial charge in [0.25, 0.3) is 0 Å². The van der Waals surface area contributed by atoms with Gasteiger partial charge < -0.3 is 9.84 Å². The van der Waals surface area contributed by atoms with Crippen LogP contribution in [0.5, 0.6) is 0 Å². The number of esters is 1. The molecule has 4 heteroatoms. The van der Waals surface area contributed by atoms with Crippen LogP contribution in [0.2, 0.25) is 0 Å². The highest BCUT2D eigenvalue weighted by molar-refractivity contribution is 5.99. The second-order valence-electron chi connectivity index (χ2n) is 3.60. The third-order valence-electron chi connectivity index (χ3n) is 2.49. The minimum absolute atomic E-state index is 0.218. The maximum atomic E-state index is 11.3. The molecule has 0 fully saturated rings. The summed E-state index contributed by atoms with van der Waals surface area (Å²) in [5.74, 6) is -1.15. The topological polar surface area (TPSA) is 63.6 Å². The molecule has 0 spiro atoms. The predicted octanol–water partition coefficient (Wildman–Crippen LogP) is 1.36. The molecular formula is C10H14O4. The molecule has 0 aromatic heterocycles. The number of carbonyl (C=O) groups excluding carboxylic acids is 1. The molecule has 4 nitrogen and oxygen atoms in total. The number of aliphatic carboxylic acids is 1. The van der Waals surface area contributed by atoms with Crippen LogP contribution in [-0.2, 0) is 14.3 Å². The van der Waals surface area contributed by atoms with Gasteiger partial charge in [-0.3, -0.25) is 0 Å². The lowest BCUT2D eigenvalue weighted by Gasteiger charge is -2.20. The number of carbonyl (C=O) groups is 2. The van der Waals surface area contributed by atoms with Crippen LogP contribution in [-0.4, -0.2) is 24.2 Å². The fourth-order valence-electron chi connectivity index (χ4n) is 1.68. The Morgan fingerprint density at radius 1 is 1.43 bits per heavy atom. The molecule has 78 valence electrons. The van der Waals surface area contributed by atoms with Crippen LogP contribution in [0.3, 0.4) is 0 Å². The molecule has 1 rings (SSSR count). The molecule has 1 aliphatic rings. The standard InChI is InChI=1S/C10H14O4/c1-6-3-4-7(9(11)12)8(5-6)10(13)14-2/h6H,3-5H2,1-2H3,(H,11,12). The minimum Gasteiger partial charge on any atom is -0.478 e. The van der Waals surface area contributed by atoms with Crippen molar-refractivity contribution in [3.05, 3.63) is 11.1 Å². The molecule has 14 heavy (non-hydrogen) atoms. The van der Waals surface area contributed by atoms with E-state index < -0.39 is 11.9 Å². The molecule has 0 aromatic carbocycles. The van der Waals surface area contributed by atoms with Crippen molar-refractivity contribution in [2.75, 3.05) is 7.11 Å². The number of ether oxygens (including phenoxy) is 1. The van der Waals surface area contributed by atoms with Crippen molar-refractivity contribution in [1.82, 2.24) is 0 Å². The molecule has 1 N–H and O–H groups in total. The highest BCUT2D eigenvalue weighted by Crippen LogP contribution is 2.29.